The molecule has 0 bridgehead atoms. The molecule has 0 saturated carbocycles. The lowest BCUT2D eigenvalue weighted by atomic mass is 10.0. The zero-order chi connectivity index (χ0) is 15.5. The van der Waals surface area contributed by atoms with Gasteiger partial charge in [0.1, 0.15) is 10.6 Å². The molecule has 0 spiro atoms. The predicted molar refractivity (Wildman–Crippen MR) is 79.9 cm³/mol. The van der Waals surface area contributed by atoms with Crippen LogP contribution in [0.3, 0.4) is 0 Å². The van der Waals surface area contributed by atoms with Crippen LogP contribution in [0.2, 0.25) is 0 Å². The third-order valence-electron chi connectivity index (χ3n) is 2.94. The van der Waals surface area contributed by atoms with Gasteiger partial charge in [-0.15, -0.1) is 0 Å². The monoisotopic (exact) mass is 307 g/mol. The number of nitrogens with zero attached hydrogens (tertiary/aromatic N) is 2. The molecule has 7 heteroatoms. The number of nitrogens with one attached hydrogen (secondary N) is 1. The van der Waals surface area contributed by atoms with Crippen LogP contribution in [0.5, 0.6) is 5.75 Å². The largest absolute Gasteiger partial charge is 0.495 e. The molecule has 0 aliphatic carbocycles. The zero-order valence-corrected chi connectivity index (χ0v) is 12.9. The Morgan fingerprint density at radius 2 is 1.86 bits per heavy atom. The fourth-order valence-electron chi connectivity index (χ4n) is 1.79. The highest BCUT2D eigenvalue weighted by molar-refractivity contribution is 7.92. The fourth-order valence-corrected chi connectivity index (χ4v) is 2.90. The van der Waals surface area contributed by atoms with Crippen molar-refractivity contribution in [3.05, 3.63) is 42.2 Å². The van der Waals surface area contributed by atoms with Crippen molar-refractivity contribution in [1.82, 2.24) is 9.97 Å². The maximum atomic E-state index is 12.4. The summed E-state index contributed by atoms with van der Waals surface area (Å²) in [5, 5.41) is 0. The van der Waals surface area contributed by atoms with E-state index >= 15 is 0 Å². The number of rotatable bonds is 5. The third kappa shape index (κ3) is 3.49. The number of aromatic nitrogens is 2. The van der Waals surface area contributed by atoms with E-state index in [0.717, 1.165) is 5.56 Å². The minimum Gasteiger partial charge on any atom is -0.495 e. The molecule has 1 heterocycles. The van der Waals surface area contributed by atoms with E-state index < -0.39 is 10.0 Å². The van der Waals surface area contributed by atoms with Crippen molar-refractivity contribution >= 4 is 16.0 Å². The molecular formula is C14H17N3O3S. The van der Waals surface area contributed by atoms with Crippen molar-refractivity contribution < 1.29 is 13.2 Å². The van der Waals surface area contributed by atoms with Gasteiger partial charge in [-0.05, 0) is 29.7 Å². The van der Waals surface area contributed by atoms with E-state index in [2.05, 4.69) is 14.7 Å². The molecule has 0 aliphatic rings. The van der Waals surface area contributed by atoms with Gasteiger partial charge in [-0.1, -0.05) is 19.9 Å². The maximum absolute atomic E-state index is 12.4. The average molecular weight is 307 g/mol. The minimum atomic E-state index is -3.80. The number of hydrogen-bond acceptors (Lipinski definition) is 5. The topological polar surface area (TPSA) is 81.2 Å². The van der Waals surface area contributed by atoms with Crippen molar-refractivity contribution in [2.24, 2.45) is 0 Å². The lowest BCUT2D eigenvalue weighted by Crippen LogP contribution is -2.16. The molecule has 21 heavy (non-hydrogen) atoms. The lowest BCUT2D eigenvalue weighted by Gasteiger charge is -2.13. The molecule has 1 aromatic carbocycles. The summed E-state index contributed by atoms with van der Waals surface area (Å²) < 4.78 is 32.3. The summed E-state index contributed by atoms with van der Waals surface area (Å²) in [7, 11) is -2.36. The number of ether oxygens (including phenoxy) is 1. The molecule has 1 N–H and O–H groups in total. The summed E-state index contributed by atoms with van der Waals surface area (Å²) in [5.41, 5.74) is 1.00. The first kappa shape index (κ1) is 15.2. The maximum Gasteiger partial charge on any atom is 0.267 e. The first-order valence-corrected chi connectivity index (χ1v) is 7.90. The van der Waals surface area contributed by atoms with Crippen LogP contribution in [0, 0.1) is 0 Å². The standard InChI is InChI=1S/C14H17N3O3S/c1-10(2)11-5-6-13(12(9-11)20-3)21(18,19)17-14-15-7-4-8-16-14/h4-10H,1-3H3,(H,15,16,17). The van der Waals surface area contributed by atoms with Gasteiger partial charge in [0.25, 0.3) is 10.0 Å². The van der Waals surface area contributed by atoms with Gasteiger partial charge in [0.15, 0.2) is 0 Å². The van der Waals surface area contributed by atoms with Gasteiger partial charge in [0.2, 0.25) is 5.95 Å². The summed E-state index contributed by atoms with van der Waals surface area (Å²) in [4.78, 5) is 7.75. The number of hydrogen-bond donors (Lipinski definition) is 1. The van der Waals surface area contributed by atoms with Crippen LogP contribution in [0.1, 0.15) is 25.3 Å². The van der Waals surface area contributed by atoms with E-state index in [9.17, 15) is 8.42 Å². The number of methoxy groups -OCH3 is 1. The Balaban J connectivity index is 2.40. The van der Waals surface area contributed by atoms with Crippen LogP contribution in [0.25, 0.3) is 0 Å². The Bertz CT molecular complexity index is 715. The van der Waals surface area contributed by atoms with E-state index in [1.807, 2.05) is 13.8 Å². The predicted octanol–water partition coefficient (Wildman–Crippen LogP) is 2.41. The molecule has 0 aliphatic heterocycles. The van der Waals surface area contributed by atoms with Gasteiger partial charge in [0.05, 0.1) is 7.11 Å². The normalized spacial score (nSPS) is 11.4. The van der Waals surface area contributed by atoms with Crippen molar-refractivity contribution in [3.8, 4) is 5.75 Å². The second-order valence-electron chi connectivity index (χ2n) is 4.74. The average Bonchev–Trinajstić information content (AvgIpc) is 2.47. The molecule has 2 aromatic rings. The van der Waals surface area contributed by atoms with Gasteiger partial charge >= 0.3 is 0 Å². The van der Waals surface area contributed by atoms with Crippen LogP contribution in [-0.4, -0.2) is 25.5 Å². The van der Waals surface area contributed by atoms with Crippen LogP contribution >= 0.6 is 0 Å². The second kappa shape index (κ2) is 6.09. The van der Waals surface area contributed by atoms with Gasteiger partial charge in [0, 0.05) is 12.4 Å². The Morgan fingerprint density at radius 3 is 2.43 bits per heavy atom. The Kier molecular flexibility index (Phi) is 4.42. The summed E-state index contributed by atoms with van der Waals surface area (Å²) in [6.07, 6.45) is 2.92. The van der Waals surface area contributed by atoms with Gasteiger partial charge in [-0.3, -0.25) is 0 Å². The van der Waals surface area contributed by atoms with E-state index in [-0.39, 0.29) is 16.8 Å². The molecule has 6 nitrogen and oxygen atoms in total. The van der Waals surface area contributed by atoms with Crippen molar-refractivity contribution in [3.63, 3.8) is 0 Å². The molecule has 2 rings (SSSR count). The smallest absolute Gasteiger partial charge is 0.267 e. The van der Waals surface area contributed by atoms with Gasteiger partial charge in [-0.25, -0.2) is 23.1 Å². The number of anilines is 1. The van der Waals surface area contributed by atoms with Crippen molar-refractivity contribution in [2.45, 2.75) is 24.7 Å². The summed E-state index contributed by atoms with van der Waals surface area (Å²) in [6, 6.07) is 6.63. The van der Waals surface area contributed by atoms with E-state index in [1.165, 1.54) is 25.6 Å². The Morgan fingerprint density at radius 1 is 1.19 bits per heavy atom. The second-order valence-corrected chi connectivity index (χ2v) is 6.39. The van der Waals surface area contributed by atoms with E-state index in [1.54, 1.807) is 18.2 Å². The number of sulfonamides is 1. The molecule has 0 radical (unpaired) electrons. The highest BCUT2D eigenvalue weighted by Crippen LogP contribution is 2.28. The fraction of sp³-hybridized carbons (Fsp3) is 0.286. The van der Waals surface area contributed by atoms with Crippen LogP contribution in [0.15, 0.2) is 41.6 Å². The Hall–Kier alpha value is -2.15. The van der Waals surface area contributed by atoms with Crippen molar-refractivity contribution in [1.29, 1.82) is 0 Å². The molecule has 0 fully saturated rings. The lowest BCUT2D eigenvalue weighted by molar-refractivity contribution is 0.402. The van der Waals surface area contributed by atoms with Crippen molar-refractivity contribution in [2.75, 3.05) is 11.8 Å². The third-order valence-corrected chi connectivity index (χ3v) is 4.30. The quantitative estimate of drug-likeness (QED) is 0.917. The molecule has 1 aromatic heterocycles. The molecule has 112 valence electrons. The number of benzene rings is 1. The SMILES string of the molecule is COc1cc(C(C)C)ccc1S(=O)(=O)Nc1ncccn1. The highest BCUT2D eigenvalue weighted by atomic mass is 32.2. The van der Waals surface area contributed by atoms with Crippen LogP contribution < -0.4 is 9.46 Å². The molecule has 0 amide bonds. The summed E-state index contributed by atoms with van der Waals surface area (Å²) in [6.45, 7) is 4.05. The molecular weight excluding hydrogens is 290 g/mol. The Labute approximate surface area is 124 Å². The van der Waals surface area contributed by atoms with Crippen LogP contribution in [0.4, 0.5) is 5.95 Å². The minimum absolute atomic E-state index is 0.0208. The highest BCUT2D eigenvalue weighted by Gasteiger charge is 2.21. The molecule has 0 saturated heterocycles. The van der Waals surface area contributed by atoms with Gasteiger partial charge in [-0.2, -0.15) is 0 Å². The van der Waals surface area contributed by atoms with E-state index in [0.29, 0.717) is 5.75 Å². The van der Waals surface area contributed by atoms with E-state index in [4.69, 9.17) is 4.74 Å². The zero-order valence-electron chi connectivity index (χ0n) is 12.1. The van der Waals surface area contributed by atoms with Gasteiger partial charge < -0.3 is 4.74 Å². The van der Waals surface area contributed by atoms with Crippen LogP contribution in [-0.2, 0) is 10.0 Å². The summed E-state index contributed by atoms with van der Waals surface area (Å²) >= 11 is 0. The first-order valence-electron chi connectivity index (χ1n) is 6.42. The summed E-state index contributed by atoms with van der Waals surface area (Å²) in [5.74, 6) is 0.596. The first-order chi connectivity index (χ1) is 9.94. The molecule has 0 atom stereocenters. The molecule has 0 unspecified atom stereocenters.